The molecular formula is C24H26FN3O4. The van der Waals surface area contributed by atoms with E-state index in [2.05, 4.69) is 12.2 Å². The summed E-state index contributed by atoms with van der Waals surface area (Å²) in [7, 11) is 1.48. The number of aromatic carboxylic acids is 1. The molecule has 2 saturated carbocycles. The number of carboxylic acids is 1. The number of pyridine rings is 1. The van der Waals surface area contributed by atoms with Gasteiger partial charge in [0.05, 0.1) is 18.0 Å². The molecule has 5 aliphatic rings. The van der Waals surface area contributed by atoms with Crippen molar-refractivity contribution in [3.05, 3.63) is 46.0 Å². The number of allylic oxidation sites excluding steroid dienone is 1. The van der Waals surface area contributed by atoms with E-state index in [0.717, 1.165) is 25.7 Å². The maximum Gasteiger partial charge on any atom is 0.341 e. The highest BCUT2D eigenvalue weighted by molar-refractivity contribution is 5.97. The molecule has 1 aliphatic heterocycles. The molecule has 2 bridgehead atoms. The van der Waals surface area contributed by atoms with Crippen LogP contribution in [0.2, 0.25) is 0 Å². The molecule has 4 atom stereocenters. The number of nitrogens with two attached hydrogens (primary N) is 1. The molecule has 1 saturated heterocycles. The van der Waals surface area contributed by atoms with Crippen molar-refractivity contribution in [1.82, 2.24) is 4.57 Å². The van der Waals surface area contributed by atoms with Crippen LogP contribution in [0.5, 0.6) is 5.75 Å². The summed E-state index contributed by atoms with van der Waals surface area (Å²) in [5.74, 6) is -0.528. The molecule has 3 N–H and O–H groups in total. The zero-order valence-corrected chi connectivity index (χ0v) is 17.9. The molecule has 7 rings (SSSR count). The highest BCUT2D eigenvalue weighted by Crippen LogP contribution is 2.52. The second-order valence-electron chi connectivity index (χ2n) is 9.80. The van der Waals surface area contributed by atoms with Gasteiger partial charge in [-0.15, -0.1) is 0 Å². The van der Waals surface area contributed by atoms with Crippen LogP contribution >= 0.6 is 0 Å². The Balaban J connectivity index is 1.54. The van der Waals surface area contributed by atoms with Crippen LogP contribution in [0, 0.1) is 23.6 Å². The van der Waals surface area contributed by atoms with Gasteiger partial charge in [0.1, 0.15) is 11.3 Å². The largest absolute Gasteiger partial charge is 0.492 e. The standard InChI is InChI=1S/C24H26FN3O4/c1-32-22-19-14(21(29)16(23(30)31)10-28(19)13-2-3-13)8-18(25)20(22)27-9-15-12-4-6-24(26,7-5-12)17(15)11-27/h4,6,8,10,12-13,15,17H,2-3,5,7,9,11,26H2,1H3,(H,30,31). The highest BCUT2D eigenvalue weighted by atomic mass is 19.1. The van der Waals surface area contributed by atoms with E-state index in [9.17, 15) is 14.7 Å². The first kappa shape index (κ1) is 19.8. The molecule has 3 fully saturated rings. The summed E-state index contributed by atoms with van der Waals surface area (Å²) in [6.45, 7) is 1.31. The van der Waals surface area contributed by atoms with Crippen molar-refractivity contribution in [3.8, 4) is 5.75 Å². The van der Waals surface area contributed by atoms with Crippen molar-refractivity contribution in [2.24, 2.45) is 23.5 Å². The fraction of sp³-hybridized carbons (Fsp3) is 0.500. The van der Waals surface area contributed by atoms with Crippen molar-refractivity contribution >= 4 is 22.6 Å². The minimum Gasteiger partial charge on any atom is -0.492 e. The molecule has 1 aromatic heterocycles. The summed E-state index contributed by atoms with van der Waals surface area (Å²) >= 11 is 0. The molecule has 4 unspecified atom stereocenters. The number of carbonyl (C=O) groups is 1. The van der Waals surface area contributed by atoms with E-state index in [1.807, 2.05) is 4.90 Å². The van der Waals surface area contributed by atoms with Gasteiger partial charge in [-0.25, -0.2) is 9.18 Å². The number of ether oxygens (including phenoxy) is 1. The topological polar surface area (TPSA) is 97.8 Å². The number of hydrogen-bond donors (Lipinski definition) is 2. The van der Waals surface area contributed by atoms with E-state index in [1.54, 1.807) is 4.57 Å². The molecule has 8 heteroatoms. The molecule has 7 nitrogen and oxygen atoms in total. The zero-order valence-electron chi connectivity index (χ0n) is 17.9. The van der Waals surface area contributed by atoms with Crippen LogP contribution in [-0.2, 0) is 0 Å². The fourth-order valence-electron chi connectivity index (χ4n) is 6.30. The smallest absolute Gasteiger partial charge is 0.341 e. The van der Waals surface area contributed by atoms with Gasteiger partial charge < -0.3 is 25.0 Å². The lowest BCUT2D eigenvalue weighted by Crippen LogP contribution is -2.55. The van der Waals surface area contributed by atoms with Gasteiger partial charge in [0.25, 0.3) is 0 Å². The fourth-order valence-corrected chi connectivity index (χ4v) is 6.30. The predicted molar refractivity (Wildman–Crippen MR) is 118 cm³/mol. The molecule has 2 aromatic rings. The molecule has 2 heterocycles. The number of benzene rings is 1. The van der Waals surface area contributed by atoms with E-state index in [1.165, 1.54) is 19.4 Å². The number of nitrogens with zero attached hydrogens (tertiary/aromatic N) is 2. The lowest BCUT2D eigenvalue weighted by Gasteiger charge is -2.47. The minimum atomic E-state index is -1.31. The van der Waals surface area contributed by atoms with Gasteiger partial charge in [-0.3, -0.25) is 4.79 Å². The van der Waals surface area contributed by atoms with Gasteiger partial charge in [-0.1, -0.05) is 12.2 Å². The van der Waals surface area contributed by atoms with E-state index < -0.39 is 17.2 Å². The van der Waals surface area contributed by atoms with Crippen LogP contribution in [0.4, 0.5) is 10.1 Å². The lowest BCUT2D eigenvalue weighted by atomic mass is 9.60. The average Bonchev–Trinajstić information content (AvgIpc) is 3.50. The Morgan fingerprint density at radius 1 is 1.31 bits per heavy atom. The maximum absolute atomic E-state index is 15.6. The first-order valence-electron chi connectivity index (χ1n) is 11.2. The maximum atomic E-state index is 15.6. The first-order chi connectivity index (χ1) is 15.3. The predicted octanol–water partition coefficient (Wildman–Crippen LogP) is 2.91. The quantitative estimate of drug-likeness (QED) is 0.711. The Labute approximate surface area is 184 Å². The number of hydrogen-bond acceptors (Lipinski definition) is 5. The number of aromatic nitrogens is 1. The highest BCUT2D eigenvalue weighted by Gasteiger charge is 2.53. The third-order valence-electron chi connectivity index (χ3n) is 8.06. The van der Waals surface area contributed by atoms with Crippen LogP contribution in [-0.4, -0.2) is 41.4 Å². The Kier molecular flexibility index (Phi) is 4.06. The normalized spacial score (nSPS) is 30.7. The monoisotopic (exact) mass is 439 g/mol. The van der Waals surface area contributed by atoms with Crippen molar-refractivity contribution in [2.45, 2.75) is 37.3 Å². The first-order valence-corrected chi connectivity index (χ1v) is 11.2. The third-order valence-corrected chi connectivity index (χ3v) is 8.06. The summed E-state index contributed by atoms with van der Waals surface area (Å²) in [5, 5.41) is 9.55. The van der Waals surface area contributed by atoms with E-state index in [0.29, 0.717) is 41.9 Å². The van der Waals surface area contributed by atoms with Gasteiger partial charge in [0.2, 0.25) is 5.43 Å². The van der Waals surface area contributed by atoms with E-state index in [4.69, 9.17) is 10.5 Å². The molecule has 0 radical (unpaired) electrons. The lowest BCUT2D eigenvalue weighted by molar-refractivity contribution is 0.0695. The Bertz CT molecular complexity index is 1250. The Morgan fingerprint density at radius 2 is 2.09 bits per heavy atom. The Hall–Kier alpha value is -2.87. The number of fused-ring (bicyclic) bond motifs is 2. The van der Waals surface area contributed by atoms with E-state index >= 15 is 4.39 Å². The van der Waals surface area contributed by atoms with Crippen molar-refractivity contribution in [2.75, 3.05) is 25.1 Å². The molecule has 0 spiro atoms. The summed E-state index contributed by atoms with van der Waals surface area (Å²) in [5.41, 5.74) is 6.14. The number of carboxylic acid groups (broad SMARTS) is 1. The van der Waals surface area contributed by atoms with Crippen LogP contribution < -0.4 is 20.8 Å². The minimum absolute atomic E-state index is 0.0449. The number of rotatable bonds is 4. The summed E-state index contributed by atoms with van der Waals surface area (Å²) in [4.78, 5) is 26.6. The number of methoxy groups -OCH3 is 1. The summed E-state index contributed by atoms with van der Waals surface area (Å²) < 4.78 is 23.1. The van der Waals surface area contributed by atoms with Gasteiger partial charge in [-0.05, 0) is 43.6 Å². The Morgan fingerprint density at radius 3 is 2.69 bits per heavy atom. The second kappa shape index (κ2) is 6.57. The zero-order chi connectivity index (χ0) is 22.4. The summed E-state index contributed by atoms with van der Waals surface area (Å²) in [6.07, 6.45) is 9.50. The van der Waals surface area contributed by atoms with Crippen molar-refractivity contribution < 1.29 is 19.0 Å². The van der Waals surface area contributed by atoms with Gasteiger partial charge >= 0.3 is 5.97 Å². The third kappa shape index (κ3) is 2.62. The molecule has 4 aliphatic carbocycles. The van der Waals surface area contributed by atoms with Crippen molar-refractivity contribution in [3.63, 3.8) is 0 Å². The van der Waals surface area contributed by atoms with Crippen LogP contribution in [0.1, 0.15) is 42.1 Å². The molecular weight excluding hydrogens is 413 g/mol. The molecule has 1 aromatic carbocycles. The van der Waals surface area contributed by atoms with Gasteiger partial charge in [0, 0.05) is 36.8 Å². The van der Waals surface area contributed by atoms with Crippen LogP contribution in [0.25, 0.3) is 10.9 Å². The van der Waals surface area contributed by atoms with Gasteiger partial charge in [-0.2, -0.15) is 0 Å². The number of halogens is 1. The summed E-state index contributed by atoms with van der Waals surface area (Å²) in [6, 6.07) is 1.27. The molecule has 32 heavy (non-hydrogen) atoms. The van der Waals surface area contributed by atoms with E-state index in [-0.39, 0.29) is 28.4 Å². The van der Waals surface area contributed by atoms with Gasteiger partial charge in [0.15, 0.2) is 11.6 Å². The average molecular weight is 439 g/mol. The molecule has 168 valence electrons. The van der Waals surface area contributed by atoms with Crippen LogP contribution in [0.3, 0.4) is 0 Å². The number of anilines is 1. The van der Waals surface area contributed by atoms with Crippen LogP contribution in [0.15, 0.2) is 29.2 Å². The van der Waals surface area contributed by atoms with Crippen molar-refractivity contribution in [1.29, 1.82) is 0 Å². The SMILES string of the molecule is COc1c(N2CC3C4C=CC(N)(CC4)C3C2)c(F)cc2c(=O)c(C(=O)O)cn(C3CC3)c12. The second-order valence-corrected chi connectivity index (χ2v) is 9.80. The molecule has 0 amide bonds.